The summed E-state index contributed by atoms with van der Waals surface area (Å²) in [6.45, 7) is 9.41. The van der Waals surface area contributed by atoms with E-state index in [1.54, 1.807) is 0 Å². The quantitative estimate of drug-likeness (QED) is 0.666. The summed E-state index contributed by atoms with van der Waals surface area (Å²) in [7, 11) is 0. The van der Waals surface area contributed by atoms with Crippen LogP contribution in [0.2, 0.25) is 0 Å². The van der Waals surface area contributed by atoms with Crippen LogP contribution in [0, 0.1) is 0 Å². The van der Waals surface area contributed by atoms with E-state index in [4.69, 9.17) is 0 Å². The lowest BCUT2D eigenvalue weighted by Gasteiger charge is -2.38. The maximum Gasteiger partial charge on any atom is 0.0793 e. The van der Waals surface area contributed by atoms with Crippen molar-refractivity contribution in [2.24, 2.45) is 0 Å². The average molecular weight is 200 g/mol. The zero-order chi connectivity index (χ0) is 10.6. The molecule has 0 bridgehead atoms. The van der Waals surface area contributed by atoms with E-state index in [-0.39, 0.29) is 6.10 Å². The Bertz CT molecular complexity index is 155. The highest BCUT2D eigenvalue weighted by molar-refractivity contribution is 4.83. The molecule has 1 rings (SSSR count). The van der Waals surface area contributed by atoms with Crippen molar-refractivity contribution in [2.45, 2.75) is 51.8 Å². The molecule has 0 amide bonds. The summed E-state index contributed by atoms with van der Waals surface area (Å²) in [5.41, 5.74) is 0. The summed E-state index contributed by atoms with van der Waals surface area (Å²) in [5, 5.41) is 12.8. The first kappa shape index (κ1) is 12.0. The fourth-order valence-electron chi connectivity index (χ4n) is 2.05. The molecule has 0 aromatic carbocycles. The zero-order valence-corrected chi connectivity index (χ0v) is 9.66. The lowest BCUT2D eigenvalue weighted by molar-refractivity contribution is -0.00383. The van der Waals surface area contributed by atoms with Crippen molar-refractivity contribution in [3.05, 3.63) is 0 Å². The summed E-state index contributed by atoms with van der Waals surface area (Å²) in [6.07, 6.45) is 2.38. The first-order valence-corrected chi connectivity index (χ1v) is 5.78. The summed E-state index contributed by atoms with van der Waals surface area (Å²) in [6, 6.07) is 1.14. The van der Waals surface area contributed by atoms with E-state index in [0.717, 1.165) is 19.6 Å². The van der Waals surface area contributed by atoms with Crippen LogP contribution in [-0.2, 0) is 0 Å². The number of aliphatic hydroxyl groups is 1. The van der Waals surface area contributed by atoms with Gasteiger partial charge in [0.05, 0.1) is 6.10 Å². The predicted octanol–water partition coefficient (Wildman–Crippen LogP) is 0.830. The van der Waals surface area contributed by atoms with E-state index in [9.17, 15) is 5.11 Å². The molecule has 0 aromatic rings. The molecule has 0 aromatic heterocycles. The number of nitrogens with zero attached hydrogens (tertiary/aromatic N) is 1. The third-order valence-electron chi connectivity index (χ3n) is 2.62. The van der Waals surface area contributed by atoms with Gasteiger partial charge in [-0.05, 0) is 6.42 Å². The van der Waals surface area contributed by atoms with Crippen molar-refractivity contribution in [3.63, 3.8) is 0 Å². The van der Waals surface area contributed by atoms with Gasteiger partial charge < -0.3 is 10.4 Å². The van der Waals surface area contributed by atoms with Gasteiger partial charge in [0.15, 0.2) is 0 Å². The van der Waals surface area contributed by atoms with E-state index < -0.39 is 0 Å². The second-order valence-corrected chi connectivity index (χ2v) is 4.68. The van der Waals surface area contributed by atoms with Gasteiger partial charge >= 0.3 is 0 Å². The number of nitrogens with one attached hydrogen (secondary N) is 1. The maximum atomic E-state index is 9.18. The largest absolute Gasteiger partial charge is 0.390 e. The number of hydrogen-bond acceptors (Lipinski definition) is 3. The topological polar surface area (TPSA) is 35.5 Å². The number of rotatable bonds is 6. The average Bonchev–Trinajstić information content (AvgIpc) is 2.00. The van der Waals surface area contributed by atoms with Gasteiger partial charge in [-0.2, -0.15) is 0 Å². The molecule has 3 heteroatoms. The minimum Gasteiger partial charge on any atom is -0.390 e. The Balaban J connectivity index is 2.20. The molecular weight excluding hydrogens is 176 g/mol. The third-order valence-corrected chi connectivity index (χ3v) is 2.62. The van der Waals surface area contributed by atoms with Gasteiger partial charge in [0.1, 0.15) is 0 Å². The molecule has 1 heterocycles. The van der Waals surface area contributed by atoms with Crippen LogP contribution >= 0.6 is 0 Å². The highest BCUT2D eigenvalue weighted by Gasteiger charge is 2.26. The number of aliphatic hydroxyl groups excluding tert-OH is 1. The summed E-state index contributed by atoms with van der Waals surface area (Å²) in [5.74, 6) is 0. The van der Waals surface area contributed by atoms with Crippen LogP contribution in [0.4, 0.5) is 0 Å². The van der Waals surface area contributed by atoms with E-state index in [2.05, 4.69) is 31.0 Å². The van der Waals surface area contributed by atoms with Crippen LogP contribution in [0.25, 0.3) is 0 Å². The second kappa shape index (κ2) is 5.69. The van der Waals surface area contributed by atoms with Gasteiger partial charge in [0, 0.05) is 31.7 Å². The number of likely N-dealkylation sites (tertiary alicyclic amines) is 1. The fraction of sp³-hybridized carbons (Fsp3) is 1.00. The SMILES string of the molecule is CCC[C@@H](CN1CC(O)C1)NC(C)C. The summed E-state index contributed by atoms with van der Waals surface area (Å²) < 4.78 is 0. The smallest absolute Gasteiger partial charge is 0.0793 e. The summed E-state index contributed by atoms with van der Waals surface area (Å²) >= 11 is 0. The van der Waals surface area contributed by atoms with Gasteiger partial charge in [-0.15, -0.1) is 0 Å². The van der Waals surface area contributed by atoms with Crippen molar-refractivity contribution in [1.82, 2.24) is 10.2 Å². The first-order chi connectivity index (χ1) is 6.61. The van der Waals surface area contributed by atoms with Crippen molar-refractivity contribution in [1.29, 1.82) is 0 Å². The molecule has 1 aliphatic rings. The van der Waals surface area contributed by atoms with Crippen LogP contribution < -0.4 is 5.32 Å². The second-order valence-electron chi connectivity index (χ2n) is 4.68. The van der Waals surface area contributed by atoms with Gasteiger partial charge in [-0.1, -0.05) is 27.2 Å². The standard InChI is InChI=1S/C11H24N2O/c1-4-5-10(12-9(2)3)6-13-7-11(14)8-13/h9-12,14H,4-8H2,1-3H3/t10-/m0/s1. The third kappa shape index (κ3) is 3.95. The highest BCUT2D eigenvalue weighted by Crippen LogP contribution is 2.10. The molecule has 1 saturated heterocycles. The van der Waals surface area contributed by atoms with Crippen LogP contribution in [0.5, 0.6) is 0 Å². The van der Waals surface area contributed by atoms with Crippen LogP contribution in [0.1, 0.15) is 33.6 Å². The van der Waals surface area contributed by atoms with Crippen LogP contribution in [-0.4, -0.2) is 47.8 Å². The Morgan fingerprint density at radius 3 is 2.50 bits per heavy atom. The molecule has 14 heavy (non-hydrogen) atoms. The minimum absolute atomic E-state index is 0.0728. The number of hydrogen-bond donors (Lipinski definition) is 2. The molecule has 0 unspecified atom stereocenters. The molecule has 1 aliphatic heterocycles. The van der Waals surface area contributed by atoms with E-state index >= 15 is 0 Å². The molecule has 1 fully saturated rings. The fourth-order valence-corrected chi connectivity index (χ4v) is 2.05. The molecule has 1 atom stereocenters. The van der Waals surface area contributed by atoms with Crippen LogP contribution in [0.15, 0.2) is 0 Å². The molecule has 0 radical (unpaired) electrons. The Morgan fingerprint density at radius 1 is 1.43 bits per heavy atom. The summed E-state index contributed by atoms with van der Waals surface area (Å²) in [4.78, 5) is 2.32. The van der Waals surface area contributed by atoms with Gasteiger partial charge in [0.25, 0.3) is 0 Å². The Morgan fingerprint density at radius 2 is 2.07 bits per heavy atom. The van der Waals surface area contributed by atoms with Crippen molar-refractivity contribution in [2.75, 3.05) is 19.6 Å². The van der Waals surface area contributed by atoms with Gasteiger partial charge in [-0.25, -0.2) is 0 Å². The maximum absolute atomic E-state index is 9.18. The Labute approximate surface area is 87.5 Å². The zero-order valence-electron chi connectivity index (χ0n) is 9.66. The normalized spacial score (nSPS) is 21.2. The highest BCUT2D eigenvalue weighted by atomic mass is 16.3. The van der Waals surface area contributed by atoms with E-state index in [1.165, 1.54) is 12.8 Å². The van der Waals surface area contributed by atoms with E-state index in [0.29, 0.717) is 12.1 Å². The molecule has 3 nitrogen and oxygen atoms in total. The monoisotopic (exact) mass is 200 g/mol. The molecule has 0 spiro atoms. The minimum atomic E-state index is -0.0728. The lowest BCUT2D eigenvalue weighted by Crippen LogP contribution is -2.55. The lowest BCUT2D eigenvalue weighted by atomic mass is 10.1. The Hall–Kier alpha value is -0.120. The van der Waals surface area contributed by atoms with Gasteiger partial charge in [0.2, 0.25) is 0 Å². The number of β-amino-alcohol motifs (C(OH)–C–C–N with tert-alkyl or cyclic N) is 1. The molecule has 2 N–H and O–H groups in total. The molecular formula is C11H24N2O. The van der Waals surface area contributed by atoms with Crippen molar-refractivity contribution < 1.29 is 5.11 Å². The van der Waals surface area contributed by atoms with Crippen molar-refractivity contribution >= 4 is 0 Å². The molecule has 0 aliphatic carbocycles. The first-order valence-electron chi connectivity index (χ1n) is 5.78. The molecule has 84 valence electrons. The molecule has 0 saturated carbocycles. The van der Waals surface area contributed by atoms with Gasteiger partial charge in [-0.3, -0.25) is 4.90 Å². The van der Waals surface area contributed by atoms with Crippen LogP contribution in [0.3, 0.4) is 0 Å². The van der Waals surface area contributed by atoms with E-state index in [1.807, 2.05) is 0 Å². The predicted molar refractivity (Wildman–Crippen MR) is 59.4 cm³/mol. The Kier molecular flexibility index (Phi) is 4.85. The van der Waals surface area contributed by atoms with Crippen molar-refractivity contribution in [3.8, 4) is 0 Å².